The van der Waals surface area contributed by atoms with E-state index in [1.165, 1.54) is 6.07 Å². The van der Waals surface area contributed by atoms with Gasteiger partial charge in [-0.05, 0) is 50.1 Å². The maximum atomic E-state index is 12.5. The molecule has 1 aromatic carbocycles. The molecule has 0 atom stereocenters. The highest BCUT2D eigenvalue weighted by Crippen LogP contribution is 2.21. The van der Waals surface area contributed by atoms with Crippen LogP contribution in [-0.2, 0) is 11.2 Å². The fraction of sp³-hybridized carbons (Fsp3) is 0.261. The van der Waals surface area contributed by atoms with Crippen LogP contribution in [0.3, 0.4) is 0 Å². The van der Waals surface area contributed by atoms with Crippen LogP contribution in [0.1, 0.15) is 41.4 Å². The van der Waals surface area contributed by atoms with E-state index in [9.17, 15) is 14.4 Å². The van der Waals surface area contributed by atoms with Gasteiger partial charge in [0.25, 0.3) is 11.5 Å². The van der Waals surface area contributed by atoms with Gasteiger partial charge in [0.05, 0.1) is 10.6 Å². The summed E-state index contributed by atoms with van der Waals surface area (Å²) in [5.74, 6) is -0.0748. The van der Waals surface area contributed by atoms with Gasteiger partial charge in [-0.15, -0.1) is 0 Å². The summed E-state index contributed by atoms with van der Waals surface area (Å²) in [6.45, 7) is 4.26. The minimum atomic E-state index is -0.277. The fourth-order valence-electron chi connectivity index (χ4n) is 3.12. The Hall–Kier alpha value is -3.52. The monoisotopic (exact) mass is 453 g/mol. The molecule has 0 spiro atoms. The maximum absolute atomic E-state index is 12.5. The van der Waals surface area contributed by atoms with Crippen molar-refractivity contribution in [2.45, 2.75) is 33.1 Å². The van der Waals surface area contributed by atoms with Gasteiger partial charge in [0.1, 0.15) is 5.82 Å². The summed E-state index contributed by atoms with van der Waals surface area (Å²) >= 11 is 6.20. The second kappa shape index (κ2) is 10.7. The third-order valence-corrected chi connectivity index (χ3v) is 5.12. The highest BCUT2D eigenvalue weighted by Gasteiger charge is 2.14. The van der Waals surface area contributed by atoms with E-state index in [2.05, 4.69) is 25.6 Å². The molecule has 3 rings (SSSR count). The molecule has 2 amide bonds. The van der Waals surface area contributed by atoms with E-state index < -0.39 is 0 Å². The number of pyridine rings is 1. The van der Waals surface area contributed by atoms with Crippen molar-refractivity contribution in [1.82, 2.24) is 20.3 Å². The summed E-state index contributed by atoms with van der Waals surface area (Å²) in [4.78, 5) is 48.2. The van der Waals surface area contributed by atoms with E-state index in [-0.39, 0.29) is 35.2 Å². The summed E-state index contributed by atoms with van der Waals surface area (Å²) < 4.78 is 0. The number of nitrogens with zero attached hydrogens (tertiary/aromatic N) is 2. The lowest BCUT2D eigenvalue weighted by Crippen LogP contribution is -2.24. The van der Waals surface area contributed by atoms with Gasteiger partial charge in [0.2, 0.25) is 5.91 Å². The number of aromatic nitrogens is 3. The van der Waals surface area contributed by atoms with Crippen LogP contribution >= 0.6 is 11.6 Å². The quantitative estimate of drug-likeness (QED) is 0.482. The lowest BCUT2D eigenvalue weighted by molar-refractivity contribution is -0.116. The van der Waals surface area contributed by atoms with Crippen molar-refractivity contribution in [3.05, 3.63) is 74.9 Å². The molecule has 32 heavy (non-hydrogen) atoms. The van der Waals surface area contributed by atoms with Crippen molar-refractivity contribution < 1.29 is 9.59 Å². The fourth-order valence-corrected chi connectivity index (χ4v) is 3.39. The van der Waals surface area contributed by atoms with Crippen LogP contribution < -0.4 is 16.2 Å². The molecule has 0 aliphatic rings. The molecule has 8 nitrogen and oxygen atoms in total. The molecule has 2 heterocycles. The lowest BCUT2D eigenvalue weighted by atomic mass is 10.1. The first kappa shape index (κ1) is 23.1. The molecule has 0 unspecified atom stereocenters. The number of aromatic amines is 1. The highest BCUT2D eigenvalue weighted by atomic mass is 35.5. The predicted molar refractivity (Wildman–Crippen MR) is 124 cm³/mol. The normalized spacial score (nSPS) is 10.6. The molecular formula is C23H24ClN5O3. The summed E-state index contributed by atoms with van der Waals surface area (Å²) in [5, 5.41) is 5.75. The second-order valence-corrected chi connectivity index (χ2v) is 7.62. The number of H-pyrrole nitrogens is 1. The highest BCUT2D eigenvalue weighted by molar-refractivity contribution is 6.34. The number of hydrogen-bond donors (Lipinski definition) is 3. The number of anilines is 1. The molecule has 3 aromatic rings. The summed E-state index contributed by atoms with van der Waals surface area (Å²) in [6.07, 6.45) is 4.40. The smallest absolute Gasteiger partial charge is 0.254 e. The Balaban J connectivity index is 1.63. The first-order valence-corrected chi connectivity index (χ1v) is 10.6. The van der Waals surface area contributed by atoms with E-state index in [1.807, 2.05) is 6.92 Å². The van der Waals surface area contributed by atoms with Gasteiger partial charge in [-0.25, -0.2) is 4.98 Å². The zero-order chi connectivity index (χ0) is 23.1. The standard InChI is InChI=1S/C23H24ClN5O3/c1-3-10-26-22(31)18-5-4-16(13-19(18)24)28-20(30)7-6-17-14(2)27-21(29-23(17)32)15-8-11-25-12-9-15/h4-5,8-9,11-13H,3,6-7,10H2,1-2H3,(H,26,31)(H,28,30)(H,27,29,32). The maximum Gasteiger partial charge on any atom is 0.254 e. The van der Waals surface area contributed by atoms with Gasteiger partial charge in [-0.3, -0.25) is 19.4 Å². The first-order valence-electron chi connectivity index (χ1n) is 10.3. The molecule has 0 aliphatic carbocycles. The Morgan fingerprint density at radius 2 is 1.91 bits per heavy atom. The SMILES string of the molecule is CCCNC(=O)c1ccc(NC(=O)CCc2c(C)nc(-c3ccncc3)[nH]c2=O)cc1Cl. The average molecular weight is 454 g/mol. The van der Waals surface area contributed by atoms with Gasteiger partial charge in [0.15, 0.2) is 0 Å². The Bertz CT molecular complexity index is 1180. The predicted octanol–water partition coefficient (Wildman–Crippen LogP) is 3.50. The van der Waals surface area contributed by atoms with Crippen molar-refractivity contribution in [2.24, 2.45) is 0 Å². The van der Waals surface area contributed by atoms with Crippen molar-refractivity contribution in [1.29, 1.82) is 0 Å². The third-order valence-electron chi connectivity index (χ3n) is 4.81. The number of aryl methyl sites for hydroxylation is 1. The van der Waals surface area contributed by atoms with Crippen molar-refractivity contribution >= 4 is 29.1 Å². The molecule has 0 saturated carbocycles. The number of amides is 2. The van der Waals surface area contributed by atoms with Crippen molar-refractivity contribution in [2.75, 3.05) is 11.9 Å². The lowest BCUT2D eigenvalue weighted by Gasteiger charge is -2.10. The Kier molecular flexibility index (Phi) is 7.72. The van der Waals surface area contributed by atoms with E-state index in [0.29, 0.717) is 34.9 Å². The van der Waals surface area contributed by atoms with Crippen LogP contribution in [0.25, 0.3) is 11.4 Å². The van der Waals surface area contributed by atoms with E-state index in [4.69, 9.17) is 11.6 Å². The molecule has 0 bridgehead atoms. The molecule has 0 fully saturated rings. The number of carbonyl (C=O) groups is 2. The molecule has 0 saturated heterocycles. The molecule has 166 valence electrons. The summed E-state index contributed by atoms with van der Waals surface area (Å²) in [7, 11) is 0. The zero-order valence-electron chi connectivity index (χ0n) is 17.9. The minimum absolute atomic E-state index is 0.0938. The Labute approximate surface area is 190 Å². The van der Waals surface area contributed by atoms with Gasteiger partial charge >= 0.3 is 0 Å². The summed E-state index contributed by atoms with van der Waals surface area (Å²) in [5.41, 5.74) is 2.33. The Morgan fingerprint density at radius 1 is 1.16 bits per heavy atom. The summed E-state index contributed by atoms with van der Waals surface area (Å²) in [6, 6.07) is 8.24. The largest absolute Gasteiger partial charge is 0.352 e. The number of rotatable bonds is 8. The van der Waals surface area contributed by atoms with Crippen LogP contribution in [0, 0.1) is 6.92 Å². The van der Waals surface area contributed by atoms with Gasteiger partial charge in [-0.1, -0.05) is 18.5 Å². The first-order chi connectivity index (χ1) is 15.4. The molecule has 2 aromatic heterocycles. The van der Waals surface area contributed by atoms with E-state index in [0.717, 1.165) is 12.0 Å². The van der Waals surface area contributed by atoms with Crippen LogP contribution in [0.2, 0.25) is 5.02 Å². The van der Waals surface area contributed by atoms with Gasteiger partial charge < -0.3 is 15.6 Å². The second-order valence-electron chi connectivity index (χ2n) is 7.21. The number of benzene rings is 1. The van der Waals surface area contributed by atoms with Crippen molar-refractivity contribution in [3.8, 4) is 11.4 Å². The third kappa shape index (κ3) is 5.79. The van der Waals surface area contributed by atoms with Gasteiger partial charge in [-0.2, -0.15) is 0 Å². The molecular weight excluding hydrogens is 430 g/mol. The van der Waals surface area contributed by atoms with E-state index >= 15 is 0 Å². The molecule has 3 N–H and O–H groups in total. The van der Waals surface area contributed by atoms with E-state index in [1.54, 1.807) is 43.6 Å². The number of carbonyl (C=O) groups excluding carboxylic acids is 2. The van der Waals surface area contributed by atoms with Gasteiger partial charge in [0, 0.05) is 47.9 Å². The van der Waals surface area contributed by atoms with Crippen LogP contribution in [-0.4, -0.2) is 33.3 Å². The molecule has 0 radical (unpaired) electrons. The minimum Gasteiger partial charge on any atom is -0.352 e. The topological polar surface area (TPSA) is 117 Å². The zero-order valence-corrected chi connectivity index (χ0v) is 18.6. The number of halogens is 1. The number of hydrogen-bond acceptors (Lipinski definition) is 5. The average Bonchev–Trinajstić information content (AvgIpc) is 2.77. The van der Waals surface area contributed by atoms with Crippen LogP contribution in [0.4, 0.5) is 5.69 Å². The molecule has 0 aliphatic heterocycles. The van der Waals surface area contributed by atoms with Crippen LogP contribution in [0.15, 0.2) is 47.5 Å². The Morgan fingerprint density at radius 3 is 2.56 bits per heavy atom. The molecule has 9 heteroatoms. The number of nitrogens with one attached hydrogen (secondary N) is 3. The van der Waals surface area contributed by atoms with Crippen molar-refractivity contribution in [3.63, 3.8) is 0 Å². The van der Waals surface area contributed by atoms with Crippen LogP contribution in [0.5, 0.6) is 0 Å².